The van der Waals surface area contributed by atoms with Crippen LogP contribution in [0, 0.1) is 0 Å². The van der Waals surface area contributed by atoms with E-state index in [2.05, 4.69) is 5.32 Å². The molecule has 2 rings (SSSR count). The molecule has 0 fully saturated rings. The summed E-state index contributed by atoms with van der Waals surface area (Å²) in [6.07, 6.45) is 0. The Morgan fingerprint density at radius 1 is 1.23 bits per heavy atom. The van der Waals surface area contributed by atoms with Crippen LogP contribution in [-0.2, 0) is 11.3 Å². The molecule has 0 bridgehead atoms. The number of ether oxygens (including phenoxy) is 1. The summed E-state index contributed by atoms with van der Waals surface area (Å²) in [7, 11) is 1.63. The van der Waals surface area contributed by atoms with Gasteiger partial charge in [0.05, 0.1) is 17.3 Å². The van der Waals surface area contributed by atoms with Gasteiger partial charge < -0.3 is 10.1 Å². The topological polar surface area (TPSA) is 38.3 Å². The minimum atomic E-state index is -0.223. The number of halogens is 1. The standard InChI is InChI=1S/C17H18ClNO2S/c1-12(22-16-10-6-5-9-15(16)21-2)17(20)19-11-13-7-3-4-8-14(13)18/h3-10,12H,11H2,1-2H3,(H,19,20). The number of para-hydroxylation sites is 1. The maximum absolute atomic E-state index is 12.2. The molecular weight excluding hydrogens is 318 g/mol. The van der Waals surface area contributed by atoms with Gasteiger partial charge in [0, 0.05) is 11.6 Å². The van der Waals surface area contributed by atoms with E-state index in [0.29, 0.717) is 11.6 Å². The van der Waals surface area contributed by atoms with E-state index >= 15 is 0 Å². The number of nitrogens with one attached hydrogen (secondary N) is 1. The summed E-state index contributed by atoms with van der Waals surface area (Å²) in [4.78, 5) is 13.2. The zero-order chi connectivity index (χ0) is 15.9. The van der Waals surface area contributed by atoms with Gasteiger partial charge in [-0.2, -0.15) is 0 Å². The zero-order valence-electron chi connectivity index (χ0n) is 12.5. The number of amides is 1. The molecule has 3 nitrogen and oxygen atoms in total. The number of hydrogen-bond donors (Lipinski definition) is 1. The Hall–Kier alpha value is -1.65. The van der Waals surface area contributed by atoms with Crippen molar-refractivity contribution < 1.29 is 9.53 Å². The van der Waals surface area contributed by atoms with E-state index < -0.39 is 0 Å². The van der Waals surface area contributed by atoms with Crippen LogP contribution in [0.15, 0.2) is 53.4 Å². The van der Waals surface area contributed by atoms with Gasteiger partial charge in [0.1, 0.15) is 5.75 Å². The molecule has 2 aromatic carbocycles. The molecular formula is C17H18ClNO2S. The normalized spacial score (nSPS) is 11.8. The third-order valence-corrected chi connectivity index (χ3v) is 4.68. The fraction of sp³-hybridized carbons (Fsp3) is 0.235. The predicted octanol–water partition coefficient (Wildman–Crippen LogP) is 4.15. The Bertz CT molecular complexity index is 648. The smallest absolute Gasteiger partial charge is 0.233 e. The van der Waals surface area contributed by atoms with Crippen molar-refractivity contribution in [3.05, 3.63) is 59.1 Å². The van der Waals surface area contributed by atoms with Gasteiger partial charge >= 0.3 is 0 Å². The Labute approximate surface area is 140 Å². The van der Waals surface area contributed by atoms with Crippen molar-refractivity contribution in [2.45, 2.75) is 23.6 Å². The summed E-state index contributed by atoms with van der Waals surface area (Å²) in [6, 6.07) is 15.2. The highest BCUT2D eigenvalue weighted by Gasteiger charge is 2.16. The van der Waals surface area contributed by atoms with E-state index in [1.54, 1.807) is 7.11 Å². The lowest BCUT2D eigenvalue weighted by Gasteiger charge is -2.14. The van der Waals surface area contributed by atoms with E-state index in [0.717, 1.165) is 16.2 Å². The molecule has 22 heavy (non-hydrogen) atoms. The first-order valence-corrected chi connectivity index (χ1v) is 8.18. The molecule has 1 N–H and O–H groups in total. The molecule has 0 aliphatic heterocycles. The molecule has 1 unspecified atom stereocenters. The molecule has 0 aliphatic carbocycles. The summed E-state index contributed by atoms with van der Waals surface area (Å²) in [5, 5.41) is 3.35. The SMILES string of the molecule is COc1ccccc1SC(C)C(=O)NCc1ccccc1Cl. The molecule has 0 saturated heterocycles. The first-order chi connectivity index (χ1) is 10.6. The van der Waals surface area contributed by atoms with Crippen LogP contribution in [0.25, 0.3) is 0 Å². The van der Waals surface area contributed by atoms with Crippen LogP contribution in [0.1, 0.15) is 12.5 Å². The Balaban J connectivity index is 1.94. The van der Waals surface area contributed by atoms with Crippen molar-refractivity contribution in [1.82, 2.24) is 5.32 Å². The highest BCUT2D eigenvalue weighted by molar-refractivity contribution is 8.00. The van der Waals surface area contributed by atoms with Crippen LogP contribution in [0.4, 0.5) is 0 Å². The number of hydrogen-bond acceptors (Lipinski definition) is 3. The molecule has 2 aromatic rings. The molecule has 0 heterocycles. The summed E-state index contributed by atoms with van der Waals surface area (Å²) in [5.41, 5.74) is 0.909. The molecule has 0 aromatic heterocycles. The lowest BCUT2D eigenvalue weighted by molar-refractivity contribution is -0.120. The number of benzene rings is 2. The molecule has 116 valence electrons. The van der Waals surface area contributed by atoms with Gasteiger partial charge in [-0.1, -0.05) is 41.9 Å². The highest BCUT2D eigenvalue weighted by atomic mass is 35.5. The third-order valence-electron chi connectivity index (χ3n) is 3.15. The van der Waals surface area contributed by atoms with Crippen molar-refractivity contribution in [3.63, 3.8) is 0 Å². The van der Waals surface area contributed by atoms with Gasteiger partial charge in [0.15, 0.2) is 0 Å². The largest absolute Gasteiger partial charge is 0.496 e. The van der Waals surface area contributed by atoms with Crippen molar-refractivity contribution in [3.8, 4) is 5.75 Å². The van der Waals surface area contributed by atoms with Crippen LogP contribution < -0.4 is 10.1 Å². The predicted molar refractivity (Wildman–Crippen MR) is 91.6 cm³/mol. The van der Waals surface area contributed by atoms with Crippen LogP contribution in [0.2, 0.25) is 5.02 Å². The van der Waals surface area contributed by atoms with Gasteiger partial charge in [-0.3, -0.25) is 4.79 Å². The fourth-order valence-corrected chi connectivity index (χ4v) is 3.13. The van der Waals surface area contributed by atoms with Crippen molar-refractivity contribution in [2.75, 3.05) is 7.11 Å². The number of carbonyl (C=O) groups excluding carboxylic acids is 1. The lowest BCUT2D eigenvalue weighted by Crippen LogP contribution is -2.30. The maximum Gasteiger partial charge on any atom is 0.233 e. The summed E-state index contributed by atoms with van der Waals surface area (Å²) < 4.78 is 5.30. The monoisotopic (exact) mass is 335 g/mol. The second-order valence-electron chi connectivity index (χ2n) is 4.72. The van der Waals surface area contributed by atoms with Gasteiger partial charge in [-0.25, -0.2) is 0 Å². The highest BCUT2D eigenvalue weighted by Crippen LogP contribution is 2.31. The summed E-state index contributed by atoms with van der Waals surface area (Å²) in [5.74, 6) is 0.745. The van der Waals surface area contributed by atoms with E-state index in [-0.39, 0.29) is 11.2 Å². The third kappa shape index (κ3) is 4.42. The van der Waals surface area contributed by atoms with E-state index in [9.17, 15) is 4.79 Å². The quantitative estimate of drug-likeness (QED) is 0.806. The average Bonchev–Trinajstić information content (AvgIpc) is 2.54. The van der Waals surface area contributed by atoms with Crippen LogP contribution >= 0.6 is 23.4 Å². The number of thioether (sulfide) groups is 1. The summed E-state index contributed by atoms with van der Waals surface area (Å²) >= 11 is 7.56. The van der Waals surface area contributed by atoms with Gasteiger partial charge in [-0.15, -0.1) is 11.8 Å². The Kier molecular flexibility index (Phi) is 6.16. The number of rotatable bonds is 6. The van der Waals surface area contributed by atoms with Gasteiger partial charge in [0.2, 0.25) is 5.91 Å². The first-order valence-electron chi connectivity index (χ1n) is 6.92. The maximum atomic E-state index is 12.2. The minimum absolute atomic E-state index is 0.0316. The minimum Gasteiger partial charge on any atom is -0.496 e. The van der Waals surface area contributed by atoms with Gasteiger partial charge in [-0.05, 0) is 30.7 Å². The molecule has 0 radical (unpaired) electrons. The van der Waals surface area contributed by atoms with E-state index in [4.69, 9.17) is 16.3 Å². The van der Waals surface area contributed by atoms with Crippen LogP contribution in [0.5, 0.6) is 5.75 Å². The second-order valence-corrected chi connectivity index (χ2v) is 6.51. The Morgan fingerprint density at radius 2 is 1.91 bits per heavy atom. The second kappa shape index (κ2) is 8.11. The van der Waals surface area contributed by atoms with Crippen molar-refractivity contribution in [2.24, 2.45) is 0 Å². The number of carbonyl (C=O) groups is 1. The molecule has 1 amide bonds. The first kappa shape index (κ1) is 16.7. The Morgan fingerprint density at radius 3 is 2.64 bits per heavy atom. The summed E-state index contributed by atoms with van der Waals surface area (Å²) in [6.45, 7) is 2.30. The van der Waals surface area contributed by atoms with Crippen molar-refractivity contribution in [1.29, 1.82) is 0 Å². The molecule has 0 saturated carbocycles. The average molecular weight is 336 g/mol. The zero-order valence-corrected chi connectivity index (χ0v) is 14.1. The lowest BCUT2D eigenvalue weighted by atomic mass is 10.2. The number of methoxy groups -OCH3 is 1. The molecule has 0 spiro atoms. The molecule has 1 atom stereocenters. The van der Waals surface area contributed by atoms with Gasteiger partial charge in [0.25, 0.3) is 0 Å². The molecule has 0 aliphatic rings. The van der Waals surface area contributed by atoms with Crippen molar-refractivity contribution >= 4 is 29.3 Å². The fourth-order valence-electron chi connectivity index (χ4n) is 1.93. The molecule has 5 heteroatoms. The van der Waals surface area contributed by atoms with E-state index in [1.165, 1.54) is 11.8 Å². The van der Waals surface area contributed by atoms with Crippen LogP contribution in [0.3, 0.4) is 0 Å². The van der Waals surface area contributed by atoms with Crippen LogP contribution in [-0.4, -0.2) is 18.3 Å². The van der Waals surface area contributed by atoms with E-state index in [1.807, 2.05) is 55.5 Å².